The van der Waals surface area contributed by atoms with Crippen LogP contribution in [0, 0.1) is 5.92 Å². The fraction of sp³-hybridized carbons (Fsp3) is 0.462. The molecule has 1 atom stereocenters. The largest absolute Gasteiger partial charge is 0.490 e. The van der Waals surface area contributed by atoms with E-state index in [1.807, 2.05) is 13.0 Å². The van der Waals surface area contributed by atoms with Gasteiger partial charge in [-0.25, -0.2) is 0 Å². The maximum atomic E-state index is 11.2. The van der Waals surface area contributed by atoms with Gasteiger partial charge in [0.05, 0.1) is 11.7 Å². The molecule has 16 heavy (non-hydrogen) atoms. The third-order valence-electron chi connectivity index (χ3n) is 2.28. The van der Waals surface area contributed by atoms with E-state index in [2.05, 4.69) is 13.8 Å². The molecule has 88 valence electrons. The van der Waals surface area contributed by atoms with Crippen molar-refractivity contribution in [1.82, 2.24) is 0 Å². The van der Waals surface area contributed by atoms with Crippen molar-refractivity contribution >= 4 is 5.91 Å². The van der Waals surface area contributed by atoms with E-state index in [0.29, 0.717) is 17.2 Å². The number of para-hydroxylation sites is 1. The quantitative estimate of drug-likeness (QED) is 0.830. The summed E-state index contributed by atoms with van der Waals surface area (Å²) in [7, 11) is 0. The molecule has 3 heteroatoms. The van der Waals surface area contributed by atoms with Gasteiger partial charge in [0.1, 0.15) is 5.75 Å². The van der Waals surface area contributed by atoms with Crippen LogP contribution < -0.4 is 10.5 Å². The fourth-order valence-corrected chi connectivity index (χ4v) is 1.70. The van der Waals surface area contributed by atoms with Gasteiger partial charge in [-0.05, 0) is 31.4 Å². The standard InChI is InChI=1S/C13H19NO2/c1-9(2)8-10(3)16-12-7-5-4-6-11(12)13(14)15/h4-7,9-10H,8H2,1-3H3,(H2,14,15)/t10-/m0/s1. The minimum Gasteiger partial charge on any atom is -0.490 e. The highest BCUT2D eigenvalue weighted by Gasteiger charge is 2.12. The Labute approximate surface area is 96.6 Å². The molecule has 3 nitrogen and oxygen atoms in total. The molecule has 0 bridgehead atoms. The van der Waals surface area contributed by atoms with Gasteiger partial charge in [-0.2, -0.15) is 0 Å². The maximum Gasteiger partial charge on any atom is 0.252 e. The Hall–Kier alpha value is -1.51. The van der Waals surface area contributed by atoms with E-state index in [1.54, 1.807) is 18.2 Å². The highest BCUT2D eigenvalue weighted by Crippen LogP contribution is 2.20. The van der Waals surface area contributed by atoms with Crippen molar-refractivity contribution in [3.8, 4) is 5.75 Å². The average molecular weight is 221 g/mol. The van der Waals surface area contributed by atoms with E-state index in [-0.39, 0.29) is 6.10 Å². The number of amides is 1. The Kier molecular flexibility index (Phi) is 4.35. The number of primary amides is 1. The summed E-state index contributed by atoms with van der Waals surface area (Å²) in [5.74, 6) is 0.686. The molecule has 1 aromatic rings. The molecule has 0 fully saturated rings. The van der Waals surface area contributed by atoms with Crippen LogP contribution in [0.25, 0.3) is 0 Å². The van der Waals surface area contributed by atoms with Crippen molar-refractivity contribution in [1.29, 1.82) is 0 Å². The Morgan fingerprint density at radius 1 is 1.31 bits per heavy atom. The lowest BCUT2D eigenvalue weighted by Crippen LogP contribution is -2.18. The van der Waals surface area contributed by atoms with Crippen LogP contribution in [0.2, 0.25) is 0 Å². The van der Waals surface area contributed by atoms with Gasteiger partial charge in [-0.1, -0.05) is 26.0 Å². The highest BCUT2D eigenvalue weighted by atomic mass is 16.5. The number of hydrogen-bond acceptors (Lipinski definition) is 2. The van der Waals surface area contributed by atoms with Gasteiger partial charge in [0.25, 0.3) is 5.91 Å². The van der Waals surface area contributed by atoms with E-state index in [1.165, 1.54) is 0 Å². The van der Waals surface area contributed by atoms with Crippen molar-refractivity contribution in [2.45, 2.75) is 33.3 Å². The first-order valence-corrected chi connectivity index (χ1v) is 5.56. The zero-order valence-corrected chi connectivity index (χ0v) is 10.1. The van der Waals surface area contributed by atoms with Crippen LogP contribution in [0.3, 0.4) is 0 Å². The SMILES string of the molecule is CC(C)C[C@H](C)Oc1ccccc1C(N)=O. The smallest absolute Gasteiger partial charge is 0.252 e. The highest BCUT2D eigenvalue weighted by molar-refractivity contribution is 5.95. The molecule has 0 saturated heterocycles. The van der Waals surface area contributed by atoms with Crippen molar-refractivity contribution in [2.24, 2.45) is 11.7 Å². The molecule has 0 radical (unpaired) electrons. The van der Waals surface area contributed by atoms with E-state index in [9.17, 15) is 4.79 Å². The molecule has 1 amide bonds. The predicted molar refractivity (Wildman–Crippen MR) is 64.5 cm³/mol. The van der Waals surface area contributed by atoms with Gasteiger partial charge in [0.2, 0.25) is 0 Å². The lowest BCUT2D eigenvalue weighted by Gasteiger charge is -2.18. The second-order valence-electron chi connectivity index (χ2n) is 4.42. The van der Waals surface area contributed by atoms with E-state index >= 15 is 0 Å². The molecule has 1 rings (SSSR count). The summed E-state index contributed by atoms with van der Waals surface area (Å²) >= 11 is 0. The van der Waals surface area contributed by atoms with E-state index in [4.69, 9.17) is 10.5 Å². The lowest BCUT2D eigenvalue weighted by atomic mass is 10.1. The molecule has 0 aliphatic carbocycles. The summed E-state index contributed by atoms with van der Waals surface area (Å²) in [5, 5.41) is 0. The third kappa shape index (κ3) is 3.57. The van der Waals surface area contributed by atoms with Crippen LogP contribution in [0.15, 0.2) is 24.3 Å². The summed E-state index contributed by atoms with van der Waals surface area (Å²) in [6, 6.07) is 7.07. The van der Waals surface area contributed by atoms with Gasteiger partial charge in [0, 0.05) is 0 Å². The number of benzene rings is 1. The fourth-order valence-electron chi connectivity index (χ4n) is 1.70. The van der Waals surface area contributed by atoms with Crippen molar-refractivity contribution in [3.05, 3.63) is 29.8 Å². The third-order valence-corrected chi connectivity index (χ3v) is 2.28. The number of carbonyl (C=O) groups is 1. The zero-order valence-electron chi connectivity index (χ0n) is 10.1. The van der Waals surface area contributed by atoms with Gasteiger partial charge in [-0.15, -0.1) is 0 Å². The first-order chi connectivity index (χ1) is 7.50. The van der Waals surface area contributed by atoms with E-state index < -0.39 is 5.91 Å². The molecule has 1 aromatic carbocycles. The van der Waals surface area contributed by atoms with Crippen LogP contribution >= 0.6 is 0 Å². The molecular formula is C13H19NO2. The molecule has 0 spiro atoms. The monoisotopic (exact) mass is 221 g/mol. The second kappa shape index (κ2) is 5.54. The molecule has 0 aliphatic heterocycles. The second-order valence-corrected chi connectivity index (χ2v) is 4.42. The number of carbonyl (C=O) groups excluding carboxylic acids is 1. The Balaban J connectivity index is 2.76. The average Bonchev–Trinajstić information content (AvgIpc) is 2.16. The number of ether oxygens (including phenoxy) is 1. The minimum absolute atomic E-state index is 0.0838. The van der Waals surface area contributed by atoms with Crippen LogP contribution in [0.1, 0.15) is 37.6 Å². The summed E-state index contributed by atoms with van der Waals surface area (Å²) in [6.45, 7) is 6.28. The predicted octanol–water partition coefficient (Wildman–Crippen LogP) is 2.60. The molecule has 0 saturated carbocycles. The topological polar surface area (TPSA) is 52.3 Å². The van der Waals surface area contributed by atoms with Crippen molar-refractivity contribution in [2.75, 3.05) is 0 Å². The normalized spacial score (nSPS) is 12.5. The Morgan fingerprint density at radius 3 is 2.50 bits per heavy atom. The van der Waals surface area contributed by atoms with Gasteiger partial charge >= 0.3 is 0 Å². The summed E-state index contributed by atoms with van der Waals surface area (Å²) in [6.07, 6.45) is 1.04. The summed E-state index contributed by atoms with van der Waals surface area (Å²) < 4.78 is 5.72. The molecule has 0 aliphatic rings. The van der Waals surface area contributed by atoms with Crippen LogP contribution in [-0.2, 0) is 0 Å². The number of rotatable bonds is 5. The lowest BCUT2D eigenvalue weighted by molar-refractivity contribution is 0.0992. The zero-order chi connectivity index (χ0) is 12.1. The number of hydrogen-bond donors (Lipinski definition) is 1. The van der Waals surface area contributed by atoms with Crippen LogP contribution in [0.4, 0.5) is 0 Å². The van der Waals surface area contributed by atoms with Gasteiger partial charge in [-0.3, -0.25) is 4.79 Å². The maximum absolute atomic E-state index is 11.2. The van der Waals surface area contributed by atoms with Crippen molar-refractivity contribution in [3.63, 3.8) is 0 Å². The van der Waals surface area contributed by atoms with Crippen LogP contribution in [-0.4, -0.2) is 12.0 Å². The first-order valence-electron chi connectivity index (χ1n) is 5.56. The Bertz CT molecular complexity index is 361. The molecule has 0 unspecified atom stereocenters. The van der Waals surface area contributed by atoms with Crippen LogP contribution in [0.5, 0.6) is 5.75 Å². The first kappa shape index (κ1) is 12.6. The van der Waals surface area contributed by atoms with E-state index in [0.717, 1.165) is 6.42 Å². The molecule has 0 aromatic heterocycles. The molecule has 2 N–H and O–H groups in total. The Morgan fingerprint density at radius 2 is 1.94 bits per heavy atom. The van der Waals surface area contributed by atoms with Crippen molar-refractivity contribution < 1.29 is 9.53 Å². The molecular weight excluding hydrogens is 202 g/mol. The summed E-state index contributed by atoms with van der Waals surface area (Å²) in [4.78, 5) is 11.2. The molecule has 0 heterocycles. The van der Waals surface area contributed by atoms with Gasteiger partial charge in [0.15, 0.2) is 0 Å². The van der Waals surface area contributed by atoms with Gasteiger partial charge < -0.3 is 10.5 Å². The number of nitrogens with two attached hydrogens (primary N) is 1. The summed E-state index contributed by atoms with van der Waals surface area (Å²) in [5.41, 5.74) is 5.72. The minimum atomic E-state index is -0.452.